The van der Waals surface area contributed by atoms with E-state index in [2.05, 4.69) is 12.2 Å². The van der Waals surface area contributed by atoms with Gasteiger partial charge in [-0.25, -0.2) is 0 Å². The van der Waals surface area contributed by atoms with Crippen LogP contribution in [-0.2, 0) is 0 Å². The van der Waals surface area contributed by atoms with Crippen molar-refractivity contribution in [2.24, 2.45) is 0 Å². The third-order valence-electron chi connectivity index (χ3n) is 1.80. The number of hydrogen-bond donors (Lipinski definition) is 1. The molecule has 0 aromatic heterocycles. The summed E-state index contributed by atoms with van der Waals surface area (Å²) in [5.74, 6) is 0. The average molecular weight is 206 g/mol. The first-order valence-corrected chi connectivity index (χ1v) is 4.04. The molecule has 0 aliphatic rings. The van der Waals surface area contributed by atoms with Crippen LogP contribution in [0.2, 0.25) is 5.02 Å². The predicted molar refractivity (Wildman–Crippen MR) is 56.2 cm³/mol. The molecule has 1 aromatic rings. The summed E-state index contributed by atoms with van der Waals surface area (Å²) in [4.78, 5) is 0. The highest BCUT2D eigenvalue weighted by molar-refractivity contribution is 6.30. The van der Waals surface area contributed by atoms with Gasteiger partial charge in [0, 0.05) is 11.1 Å². The number of nitrogens with one attached hydrogen (secondary N) is 1. The van der Waals surface area contributed by atoms with Gasteiger partial charge in [0.1, 0.15) is 0 Å². The topological polar surface area (TPSA) is 12.0 Å². The molecule has 1 N–H and O–H groups in total. The van der Waals surface area contributed by atoms with E-state index in [9.17, 15) is 0 Å². The maximum Gasteiger partial charge on any atom is 0.0406 e. The third kappa shape index (κ3) is 3.02. The zero-order valence-corrected chi connectivity index (χ0v) is 8.75. The number of rotatable bonds is 2. The average Bonchev–Trinajstić information content (AvgIpc) is 2.05. The monoisotopic (exact) mass is 205 g/mol. The Morgan fingerprint density at radius 1 is 1.25 bits per heavy atom. The van der Waals surface area contributed by atoms with Crippen molar-refractivity contribution >= 4 is 24.0 Å². The maximum atomic E-state index is 5.74. The van der Waals surface area contributed by atoms with Gasteiger partial charge in [0.05, 0.1) is 0 Å². The molecule has 0 aliphatic heterocycles. The molecule has 0 unspecified atom stereocenters. The Bertz CT molecular complexity index is 220. The molecule has 1 atom stereocenters. The summed E-state index contributed by atoms with van der Waals surface area (Å²) in [5, 5.41) is 3.95. The summed E-state index contributed by atoms with van der Waals surface area (Å²) in [6.45, 7) is 2.11. The zero-order valence-electron chi connectivity index (χ0n) is 7.17. The van der Waals surface area contributed by atoms with E-state index in [1.807, 2.05) is 31.3 Å². The van der Waals surface area contributed by atoms with Gasteiger partial charge >= 0.3 is 0 Å². The lowest BCUT2D eigenvalue weighted by atomic mass is 10.1. The Kier molecular flexibility index (Phi) is 5.31. The minimum absolute atomic E-state index is 0. The van der Waals surface area contributed by atoms with E-state index >= 15 is 0 Å². The minimum atomic E-state index is 0. The van der Waals surface area contributed by atoms with Crippen LogP contribution in [0.15, 0.2) is 24.3 Å². The highest BCUT2D eigenvalue weighted by atomic mass is 35.5. The first-order chi connectivity index (χ1) is 5.24. The molecule has 0 spiro atoms. The molecular weight excluding hydrogens is 193 g/mol. The van der Waals surface area contributed by atoms with Crippen molar-refractivity contribution in [1.82, 2.24) is 5.32 Å². The zero-order chi connectivity index (χ0) is 8.27. The summed E-state index contributed by atoms with van der Waals surface area (Å²) in [5.41, 5.74) is 1.26. The van der Waals surface area contributed by atoms with Gasteiger partial charge in [-0.2, -0.15) is 0 Å². The number of halogens is 2. The van der Waals surface area contributed by atoms with E-state index in [0.717, 1.165) is 5.02 Å². The van der Waals surface area contributed by atoms with Gasteiger partial charge in [-0.3, -0.25) is 0 Å². The van der Waals surface area contributed by atoms with Gasteiger partial charge in [-0.1, -0.05) is 23.7 Å². The van der Waals surface area contributed by atoms with Crippen molar-refractivity contribution in [3.05, 3.63) is 34.9 Å². The summed E-state index contributed by atoms with van der Waals surface area (Å²) >= 11 is 5.74. The molecular formula is C9H13Cl2N. The highest BCUT2D eigenvalue weighted by Crippen LogP contribution is 2.14. The molecule has 0 saturated heterocycles. The lowest BCUT2D eigenvalue weighted by Crippen LogP contribution is -2.11. The van der Waals surface area contributed by atoms with Crippen LogP contribution in [0.1, 0.15) is 18.5 Å². The van der Waals surface area contributed by atoms with Crippen molar-refractivity contribution in [3.8, 4) is 0 Å². The van der Waals surface area contributed by atoms with E-state index in [1.54, 1.807) is 0 Å². The predicted octanol–water partition coefficient (Wildman–Crippen LogP) is 3.04. The second kappa shape index (κ2) is 5.41. The molecule has 3 heteroatoms. The molecule has 0 aliphatic carbocycles. The Morgan fingerprint density at radius 3 is 2.17 bits per heavy atom. The lowest BCUT2D eigenvalue weighted by Gasteiger charge is -2.09. The van der Waals surface area contributed by atoms with Crippen molar-refractivity contribution in [1.29, 1.82) is 0 Å². The van der Waals surface area contributed by atoms with E-state index in [1.165, 1.54) is 5.56 Å². The van der Waals surface area contributed by atoms with Crippen LogP contribution < -0.4 is 5.32 Å². The molecule has 0 saturated carbocycles. The fourth-order valence-corrected chi connectivity index (χ4v) is 1.04. The van der Waals surface area contributed by atoms with E-state index in [0.29, 0.717) is 6.04 Å². The second-order valence-corrected chi connectivity index (χ2v) is 3.00. The van der Waals surface area contributed by atoms with Crippen LogP contribution in [0.3, 0.4) is 0 Å². The van der Waals surface area contributed by atoms with Gasteiger partial charge in [0.2, 0.25) is 0 Å². The first kappa shape index (κ1) is 11.8. The first-order valence-electron chi connectivity index (χ1n) is 3.67. The van der Waals surface area contributed by atoms with Crippen LogP contribution in [-0.4, -0.2) is 7.05 Å². The quantitative estimate of drug-likeness (QED) is 0.784. The molecule has 1 rings (SSSR count). The molecule has 68 valence electrons. The van der Waals surface area contributed by atoms with Crippen LogP contribution >= 0.6 is 24.0 Å². The van der Waals surface area contributed by atoms with Crippen LogP contribution in [0.4, 0.5) is 0 Å². The Labute approximate surface area is 84.5 Å². The smallest absolute Gasteiger partial charge is 0.0406 e. The van der Waals surface area contributed by atoms with Gasteiger partial charge < -0.3 is 5.32 Å². The summed E-state index contributed by atoms with van der Waals surface area (Å²) < 4.78 is 0. The molecule has 0 heterocycles. The van der Waals surface area contributed by atoms with E-state index < -0.39 is 0 Å². The van der Waals surface area contributed by atoms with Crippen LogP contribution in [0, 0.1) is 0 Å². The Balaban J connectivity index is 0.00000121. The largest absolute Gasteiger partial charge is 0.313 e. The molecule has 0 radical (unpaired) electrons. The fourth-order valence-electron chi connectivity index (χ4n) is 0.918. The maximum absolute atomic E-state index is 5.74. The van der Waals surface area contributed by atoms with Crippen LogP contribution in [0.5, 0.6) is 0 Å². The Hall–Kier alpha value is -0.240. The summed E-state index contributed by atoms with van der Waals surface area (Å²) in [7, 11) is 1.94. The van der Waals surface area contributed by atoms with Crippen molar-refractivity contribution in [2.75, 3.05) is 7.05 Å². The van der Waals surface area contributed by atoms with Gasteiger partial charge in [0.25, 0.3) is 0 Å². The summed E-state index contributed by atoms with van der Waals surface area (Å²) in [6.07, 6.45) is 0. The highest BCUT2D eigenvalue weighted by Gasteiger charge is 1.99. The van der Waals surface area contributed by atoms with Gasteiger partial charge in [0.15, 0.2) is 0 Å². The second-order valence-electron chi connectivity index (χ2n) is 2.56. The molecule has 0 bridgehead atoms. The summed E-state index contributed by atoms with van der Waals surface area (Å²) in [6, 6.07) is 8.27. The molecule has 0 amide bonds. The van der Waals surface area contributed by atoms with Crippen LogP contribution in [0.25, 0.3) is 0 Å². The molecule has 0 fully saturated rings. The van der Waals surface area contributed by atoms with Crippen molar-refractivity contribution in [2.45, 2.75) is 13.0 Å². The number of benzene rings is 1. The number of hydrogen-bond acceptors (Lipinski definition) is 1. The van der Waals surface area contributed by atoms with Gasteiger partial charge in [-0.05, 0) is 31.7 Å². The van der Waals surface area contributed by atoms with Gasteiger partial charge in [-0.15, -0.1) is 12.4 Å². The SMILES string of the molecule is CN[C@H](C)c1ccc(Cl)cc1.Cl. The van der Waals surface area contributed by atoms with Crippen molar-refractivity contribution < 1.29 is 0 Å². The molecule has 1 aromatic carbocycles. The Morgan fingerprint density at radius 2 is 1.75 bits per heavy atom. The third-order valence-corrected chi connectivity index (χ3v) is 2.05. The van der Waals surface area contributed by atoms with Crippen molar-refractivity contribution in [3.63, 3.8) is 0 Å². The standard InChI is InChI=1S/C9H12ClN.ClH/c1-7(11-2)8-3-5-9(10)6-4-8;/h3-7,11H,1-2H3;1H/t7-;/m1./s1. The minimum Gasteiger partial charge on any atom is -0.313 e. The van der Waals surface area contributed by atoms with E-state index in [4.69, 9.17) is 11.6 Å². The van der Waals surface area contributed by atoms with E-state index in [-0.39, 0.29) is 12.4 Å². The lowest BCUT2D eigenvalue weighted by molar-refractivity contribution is 0.652. The fraction of sp³-hybridized carbons (Fsp3) is 0.333. The molecule has 1 nitrogen and oxygen atoms in total. The normalized spacial score (nSPS) is 11.9. The molecule has 12 heavy (non-hydrogen) atoms.